The topological polar surface area (TPSA) is 133 Å². The van der Waals surface area contributed by atoms with Gasteiger partial charge in [-0.1, -0.05) is 63.1 Å². The van der Waals surface area contributed by atoms with Gasteiger partial charge in [0.15, 0.2) is 0 Å². The summed E-state index contributed by atoms with van der Waals surface area (Å²) in [7, 11) is 0. The molecule has 0 spiro atoms. The van der Waals surface area contributed by atoms with Crippen LogP contribution in [0.5, 0.6) is 0 Å². The molecule has 174 valence electrons. The Morgan fingerprint density at radius 1 is 0.636 bits per heavy atom. The standard InChI is InChI=1S/2C12H14O4.Pb/c2*1-2-3-8-16-12(15)10-7-5-4-6-9(10)11(13)14;/h2*4-7H,2-3,8H2,1H3,(H,13,14);/q;;+2/p-2. The monoisotopic (exact) mass is 650 g/mol. The van der Waals surface area contributed by atoms with E-state index >= 15 is 0 Å². The van der Waals surface area contributed by atoms with Gasteiger partial charge in [0.2, 0.25) is 0 Å². The van der Waals surface area contributed by atoms with E-state index in [1.165, 1.54) is 36.4 Å². The Labute approximate surface area is 213 Å². The molecule has 2 aromatic rings. The van der Waals surface area contributed by atoms with Crippen LogP contribution in [0.4, 0.5) is 0 Å². The number of carbonyl (C=O) groups is 4. The van der Waals surface area contributed by atoms with Gasteiger partial charge >= 0.3 is 39.2 Å². The molecule has 0 atom stereocenters. The van der Waals surface area contributed by atoms with Crippen LogP contribution in [0.25, 0.3) is 0 Å². The molecule has 0 saturated carbocycles. The van der Waals surface area contributed by atoms with E-state index in [1.807, 2.05) is 13.8 Å². The van der Waals surface area contributed by atoms with Crippen molar-refractivity contribution in [1.82, 2.24) is 0 Å². The van der Waals surface area contributed by atoms with Crippen molar-refractivity contribution in [2.45, 2.75) is 39.5 Å². The van der Waals surface area contributed by atoms with Crippen LogP contribution in [-0.2, 0) is 9.47 Å². The molecule has 0 heterocycles. The van der Waals surface area contributed by atoms with Gasteiger partial charge in [-0.2, -0.15) is 0 Å². The molecule has 0 saturated heterocycles. The van der Waals surface area contributed by atoms with Gasteiger partial charge in [-0.15, -0.1) is 0 Å². The van der Waals surface area contributed by atoms with Crippen LogP contribution < -0.4 is 10.2 Å². The minimum absolute atomic E-state index is 0. The summed E-state index contributed by atoms with van der Waals surface area (Å²) in [6.45, 7) is 4.55. The number of hydrogen-bond donors (Lipinski definition) is 0. The van der Waals surface area contributed by atoms with Crippen LogP contribution in [0.2, 0.25) is 0 Å². The van der Waals surface area contributed by atoms with E-state index < -0.39 is 23.9 Å². The Bertz CT molecular complexity index is 851. The van der Waals surface area contributed by atoms with Crippen LogP contribution in [0, 0.1) is 0 Å². The molecule has 33 heavy (non-hydrogen) atoms. The molecule has 0 bridgehead atoms. The number of carboxylic acids is 2. The van der Waals surface area contributed by atoms with E-state index in [-0.39, 0.29) is 49.6 Å². The fourth-order valence-electron chi connectivity index (χ4n) is 2.45. The number of hydrogen-bond acceptors (Lipinski definition) is 8. The SMILES string of the molecule is CCCCOC(=O)c1ccccc1C(=O)[O-].CCCCOC(=O)c1ccccc1C(=O)[O-].[Pb+2]. The minimum Gasteiger partial charge on any atom is -0.545 e. The number of benzene rings is 2. The molecular weight excluding hydrogens is 623 g/mol. The summed E-state index contributed by atoms with van der Waals surface area (Å²) in [5.41, 5.74) is -0.190. The fourth-order valence-corrected chi connectivity index (χ4v) is 2.45. The van der Waals surface area contributed by atoms with Crippen molar-refractivity contribution in [2.75, 3.05) is 13.2 Å². The molecule has 0 fully saturated rings. The molecule has 0 aliphatic carbocycles. The first-order valence-electron chi connectivity index (χ1n) is 10.3. The van der Waals surface area contributed by atoms with Crippen LogP contribution in [0.1, 0.15) is 81.0 Å². The second kappa shape index (κ2) is 16.8. The van der Waals surface area contributed by atoms with Gasteiger partial charge < -0.3 is 29.3 Å². The Kier molecular flexibility index (Phi) is 15.4. The van der Waals surface area contributed by atoms with Crippen LogP contribution in [-0.4, -0.2) is 64.4 Å². The third-order valence-corrected chi connectivity index (χ3v) is 4.20. The Morgan fingerprint density at radius 3 is 1.21 bits per heavy atom. The Hall–Kier alpha value is -2.76. The summed E-state index contributed by atoms with van der Waals surface area (Å²) >= 11 is 0. The maximum Gasteiger partial charge on any atom is 2.00 e. The predicted octanol–water partition coefficient (Wildman–Crippen LogP) is 1.63. The summed E-state index contributed by atoms with van der Waals surface area (Å²) in [6.07, 6.45) is 3.35. The summed E-state index contributed by atoms with van der Waals surface area (Å²) < 4.78 is 9.86. The van der Waals surface area contributed by atoms with Crippen molar-refractivity contribution in [1.29, 1.82) is 0 Å². The number of esters is 2. The van der Waals surface area contributed by atoms with Gasteiger partial charge in [0.05, 0.1) is 36.3 Å². The van der Waals surface area contributed by atoms with Gasteiger partial charge in [0.1, 0.15) is 0 Å². The Balaban J connectivity index is 0.000000602. The first-order chi connectivity index (χ1) is 15.3. The minimum atomic E-state index is -1.37. The van der Waals surface area contributed by atoms with E-state index in [2.05, 4.69) is 0 Å². The van der Waals surface area contributed by atoms with E-state index in [0.29, 0.717) is 13.2 Å². The van der Waals surface area contributed by atoms with E-state index in [4.69, 9.17) is 9.47 Å². The molecule has 9 heteroatoms. The van der Waals surface area contributed by atoms with E-state index in [1.54, 1.807) is 12.1 Å². The molecule has 0 N–H and O–H groups in total. The molecule has 2 radical (unpaired) electrons. The molecule has 0 aliphatic rings. The molecule has 2 rings (SSSR count). The summed E-state index contributed by atoms with van der Waals surface area (Å²) in [5.74, 6) is -3.98. The van der Waals surface area contributed by atoms with Crippen LogP contribution in [0.3, 0.4) is 0 Å². The molecular formula is C24H26O8Pb. The first kappa shape index (κ1) is 30.2. The molecule has 2 aromatic carbocycles. The second-order valence-corrected chi connectivity index (χ2v) is 6.65. The smallest absolute Gasteiger partial charge is 0.545 e. The Morgan fingerprint density at radius 2 is 0.939 bits per heavy atom. The van der Waals surface area contributed by atoms with Crippen molar-refractivity contribution in [3.8, 4) is 0 Å². The van der Waals surface area contributed by atoms with Crippen molar-refractivity contribution >= 4 is 51.2 Å². The van der Waals surface area contributed by atoms with Crippen molar-refractivity contribution < 1.29 is 38.9 Å². The zero-order chi connectivity index (χ0) is 23.9. The largest absolute Gasteiger partial charge is 2.00 e. The molecule has 0 aromatic heterocycles. The van der Waals surface area contributed by atoms with Crippen molar-refractivity contribution in [2.24, 2.45) is 0 Å². The maximum atomic E-state index is 11.5. The number of carbonyl (C=O) groups excluding carboxylic acids is 4. The van der Waals surface area contributed by atoms with Gasteiger partial charge in [0, 0.05) is 11.1 Å². The third-order valence-electron chi connectivity index (χ3n) is 4.20. The van der Waals surface area contributed by atoms with Crippen molar-refractivity contribution in [3.05, 3.63) is 70.8 Å². The zero-order valence-electron chi connectivity index (χ0n) is 18.6. The summed E-state index contributed by atoms with van der Waals surface area (Å²) in [6, 6.07) is 11.7. The zero-order valence-corrected chi connectivity index (χ0v) is 22.5. The summed E-state index contributed by atoms with van der Waals surface area (Å²) in [4.78, 5) is 44.5. The predicted molar refractivity (Wildman–Crippen MR) is 118 cm³/mol. The number of aromatic carboxylic acids is 2. The quantitative estimate of drug-likeness (QED) is 0.216. The van der Waals surface area contributed by atoms with Gasteiger partial charge in [-0.05, 0) is 25.0 Å². The maximum absolute atomic E-state index is 11.5. The second-order valence-electron chi connectivity index (χ2n) is 6.65. The van der Waals surface area contributed by atoms with Gasteiger partial charge in [0.25, 0.3) is 0 Å². The molecule has 0 aliphatic heterocycles. The normalized spacial score (nSPS) is 9.52. The number of unbranched alkanes of at least 4 members (excludes halogenated alkanes) is 2. The average molecular weight is 650 g/mol. The molecule has 0 unspecified atom stereocenters. The van der Waals surface area contributed by atoms with Crippen molar-refractivity contribution in [3.63, 3.8) is 0 Å². The van der Waals surface area contributed by atoms with Gasteiger partial charge in [-0.3, -0.25) is 0 Å². The molecule has 8 nitrogen and oxygen atoms in total. The third kappa shape index (κ3) is 10.6. The fraction of sp³-hybridized carbons (Fsp3) is 0.333. The summed E-state index contributed by atoms with van der Waals surface area (Å²) in [5, 5.41) is 21.5. The number of ether oxygens (including phenoxy) is 2. The molecule has 0 amide bonds. The number of carboxylic acid groups (broad SMARTS) is 2. The van der Waals surface area contributed by atoms with E-state index in [9.17, 15) is 29.4 Å². The number of rotatable bonds is 10. The van der Waals surface area contributed by atoms with Gasteiger partial charge in [-0.25, -0.2) is 9.59 Å². The average Bonchev–Trinajstić information content (AvgIpc) is 2.79. The van der Waals surface area contributed by atoms with Crippen LogP contribution in [0.15, 0.2) is 48.5 Å². The van der Waals surface area contributed by atoms with E-state index in [0.717, 1.165) is 25.7 Å². The van der Waals surface area contributed by atoms with Crippen LogP contribution >= 0.6 is 0 Å². The first-order valence-corrected chi connectivity index (χ1v) is 10.3.